The maximum absolute atomic E-state index is 6.21. The van der Waals surface area contributed by atoms with Gasteiger partial charge in [-0.2, -0.15) is 0 Å². The number of rotatable bonds is 2. The van der Waals surface area contributed by atoms with Gasteiger partial charge in [0.25, 0.3) is 0 Å². The highest BCUT2D eigenvalue weighted by Gasteiger charge is 2.20. The second-order valence-corrected chi connectivity index (χ2v) is 4.63. The summed E-state index contributed by atoms with van der Waals surface area (Å²) in [7, 11) is 0. The van der Waals surface area contributed by atoms with Gasteiger partial charge in [0.15, 0.2) is 0 Å². The third kappa shape index (κ3) is 3.03. The first-order valence-corrected chi connectivity index (χ1v) is 6.01. The highest BCUT2D eigenvalue weighted by molar-refractivity contribution is 5.09. The maximum atomic E-state index is 6.21. The Labute approximate surface area is 91.9 Å². The minimum atomic E-state index is 0.396. The summed E-state index contributed by atoms with van der Waals surface area (Å²) in [5, 5.41) is 0. The molecule has 2 N–H and O–H groups in total. The molecule has 82 valence electrons. The third-order valence-electron chi connectivity index (χ3n) is 3.44. The monoisotopic (exact) mass is 204 g/mol. The van der Waals surface area contributed by atoms with Crippen LogP contribution in [0.3, 0.4) is 0 Å². The summed E-state index contributed by atoms with van der Waals surface area (Å²) in [6.07, 6.45) is 11.4. The van der Waals surface area contributed by atoms with Crippen molar-refractivity contribution in [3.8, 4) is 0 Å². The van der Waals surface area contributed by atoms with Gasteiger partial charge in [0, 0.05) is 18.4 Å². The second kappa shape index (κ2) is 5.26. The molecular formula is C13H20N2. The van der Waals surface area contributed by atoms with Crippen LogP contribution >= 0.6 is 0 Å². The Morgan fingerprint density at radius 1 is 1.27 bits per heavy atom. The molecule has 0 amide bonds. The van der Waals surface area contributed by atoms with Crippen molar-refractivity contribution in [2.75, 3.05) is 0 Å². The average Bonchev–Trinajstić information content (AvgIpc) is 2.46. The van der Waals surface area contributed by atoms with Crippen LogP contribution in [-0.4, -0.2) is 11.0 Å². The molecule has 0 bridgehead atoms. The van der Waals surface area contributed by atoms with Crippen molar-refractivity contribution in [2.45, 2.75) is 44.6 Å². The number of hydrogen-bond acceptors (Lipinski definition) is 2. The van der Waals surface area contributed by atoms with E-state index in [0.29, 0.717) is 12.0 Å². The Kier molecular flexibility index (Phi) is 3.73. The highest BCUT2D eigenvalue weighted by atomic mass is 14.7. The van der Waals surface area contributed by atoms with E-state index in [1.54, 1.807) is 0 Å². The molecule has 0 radical (unpaired) electrons. The number of nitrogens with zero attached hydrogens (tertiary/aromatic N) is 1. The van der Waals surface area contributed by atoms with Crippen molar-refractivity contribution in [3.63, 3.8) is 0 Å². The van der Waals surface area contributed by atoms with Crippen molar-refractivity contribution in [1.29, 1.82) is 0 Å². The number of hydrogen-bond donors (Lipinski definition) is 1. The van der Waals surface area contributed by atoms with Gasteiger partial charge in [-0.15, -0.1) is 0 Å². The van der Waals surface area contributed by atoms with E-state index >= 15 is 0 Å². The first-order chi connectivity index (χ1) is 7.36. The lowest BCUT2D eigenvalue weighted by Crippen LogP contribution is -2.30. The summed E-state index contributed by atoms with van der Waals surface area (Å²) in [6.45, 7) is 0. The van der Waals surface area contributed by atoms with Gasteiger partial charge in [-0.1, -0.05) is 25.3 Å². The lowest BCUT2D eigenvalue weighted by atomic mass is 9.89. The van der Waals surface area contributed by atoms with Crippen LogP contribution in [-0.2, 0) is 6.42 Å². The molecule has 1 aliphatic rings. The predicted octanol–water partition coefficient (Wildman–Crippen LogP) is 2.53. The zero-order chi connectivity index (χ0) is 10.5. The zero-order valence-corrected chi connectivity index (χ0v) is 9.23. The Morgan fingerprint density at radius 2 is 2.13 bits per heavy atom. The van der Waals surface area contributed by atoms with Crippen LogP contribution in [0.5, 0.6) is 0 Å². The van der Waals surface area contributed by atoms with Gasteiger partial charge < -0.3 is 5.73 Å². The molecule has 1 fully saturated rings. The lowest BCUT2D eigenvalue weighted by Gasteiger charge is -2.20. The Balaban J connectivity index is 1.97. The molecule has 1 heterocycles. The summed E-state index contributed by atoms with van der Waals surface area (Å²) in [6, 6.07) is 4.56. The Hall–Kier alpha value is -0.890. The minimum absolute atomic E-state index is 0.396. The zero-order valence-electron chi connectivity index (χ0n) is 9.23. The molecule has 2 heteroatoms. The van der Waals surface area contributed by atoms with E-state index in [9.17, 15) is 0 Å². The summed E-state index contributed by atoms with van der Waals surface area (Å²) >= 11 is 0. The molecule has 1 saturated carbocycles. The first-order valence-electron chi connectivity index (χ1n) is 6.01. The molecule has 1 aliphatic carbocycles. The smallest absolute Gasteiger partial charge is 0.0299 e. The molecule has 0 aliphatic heterocycles. The van der Waals surface area contributed by atoms with Gasteiger partial charge in [0.1, 0.15) is 0 Å². The summed E-state index contributed by atoms with van der Waals surface area (Å²) in [4.78, 5) is 4.16. The fraction of sp³-hybridized carbons (Fsp3) is 0.615. The molecule has 2 nitrogen and oxygen atoms in total. The fourth-order valence-corrected chi connectivity index (χ4v) is 2.49. The highest BCUT2D eigenvalue weighted by Crippen LogP contribution is 2.25. The molecule has 2 unspecified atom stereocenters. The van der Waals surface area contributed by atoms with Crippen LogP contribution < -0.4 is 5.73 Å². The minimum Gasteiger partial charge on any atom is -0.327 e. The first kappa shape index (κ1) is 10.6. The van der Waals surface area contributed by atoms with Crippen LogP contribution in [0.4, 0.5) is 0 Å². The number of nitrogens with two attached hydrogens (primary N) is 1. The van der Waals surface area contributed by atoms with Crippen LogP contribution in [0, 0.1) is 5.92 Å². The summed E-state index contributed by atoms with van der Waals surface area (Å²) in [5.74, 6) is 0.664. The van der Waals surface area contributed by atoms with E-state index in [2.05, 4.69) is 11.1 Å². The van der Waals surface area contributed by atoms with Crippen LogP contribution in [0.15, 0.2) is 24.5 Å². The second-order valence-electron chi connectivity index (χ2n) is 4.63. The molecule has 2 rings (SSSR count). The van der Waals surface area contributed by atoms with E-state index in [0.717, 1.165) is 6.42 Å². The standard InChI is InChI=1S/C13H20N2/c14-13-7-3-1-2-6-12(13)9-11-5-4-8-15-10-11/h4-5,8,10,12-13H,1-3,6-7,9,14H2. The Bertz CT molecular complexity index is 284. The molecule has 0 spiro atoms. The van der Waals surface area contributed by atoms with E-state index in [-0.39, 0.29) is 0 Å². The molecule has 1 aromatic heterocycles. The van der Waals surface area contributed by atoms with Gasteiger partial charge in [-0.3, -0.25) is 4.98 Å². The van der Waals surface area contributed by atoms with E-state index < -0.39 is 0 Å². The fourth-order valence-electron chi connectivity index (χ4n) is 2.49. The SMILES string of the molecule is NC1CCCCCC1Cc1cccnc1. The number of pyridine rings is 1. The van der Waals surface area contributed by atoms with Gasteiger partial charge in [-0.05, 0) is 36.8 Å². The molecule has 2 atom stereocenters. The van der Waals surface area contributed by atoms with Crippen LogP contribution in [0.2, 0.25) is 0 Å². The van der Waals surface area contributed by atoms with Crippen molar-refractivity contribution in [2.24, 2.45) is 11.7 Å². The van der Waals surface area contributed by atoms with Gasteiger partial charge in [0.2, 0.25) is 0 Å². The topological polar surface area (TPSA) is 38.9 Å². The van der Waals surface area contributed by atoms with Crippen LogP contribution in [0.1, 0.15) is 37.7 Å². The summed E-state index contributed by atoms with van der Waals surface area (Å²) < 4.78 is 0. The number of aromatic nitrogens is 1. The normalized spacial score (nSPS) is 27.3. The average molecular weight is 204 g/mol. The summed E-state index contributed by atoms with van der Waals surface area (Å²) in [5.41, 5.74) is 7.54. The van der Waals surface area contributed by atoms with E-state index in [1.807, 2.05) is 18.5 Å². The molecule has 15 heavy (non-hydrogen) atoms. The molecule has 1 aromatic rings. The largest absolute Gasteiger partial charge is 0.327 e. The third-order valence-corrected chi connectivity index (χ3v) is 3.44. The van der Waals surface area contributed by atoms with E-state index in [4.69, 9.17) is 5.73 Å². The molecule has 0 aromatic carbocycles. The quantitative estimate of drug-likeness (QED) is 0.752. The van der Waals surface area contributed by atoms with Crippen molar-refractivity contribution in [1.82, 2.24) is 4.98 Å². The van der Waals surface area contributed by atoms with Gasteiger partial charge >= 0.3 is 0 Å². The van der Waals surface area contributed by atoms with Gasteiger partial charge in [-0.25, -0.2) is 0 Å². The van der Waals surface area contributed by atoms with Crippen molar-refractivity contribution >= 4 is 0 Å². The molecular weight excluding hydrogens is 184 g/mol. The van der Waals surface area contributed by atoms with Crippen molar-refractivity contribution in [3.05, 3.63) is 30.1 Å². The van der Waals surface area contributed by atoms with Crippen LogP contribution in [0.25, 0.3) is 0 Å². The maximum Gasteiger partial charge on any atom is 0.0299 e. The van der Waals surface area contributed by atoms with E-state index in [1.165, 1.54) is 37.7 Å². The van der Waals surface area contributed by atoms with Crippen molar-refractivity contribution < 1.29 is 0 Å². The predicted molar refractivity (Wildman–Crippen MR) is 62.5 cm³/mol. The molecule has 0 saturated heterocycles. The van der Waals surface area contributed by atoms with Gasteiger partial charge in [0.05, 0.1) is 0 Å². The lowest BCUT2D eigenvalue weighted by molar-refractivity contribution is 0.395. The Morgan fingerprint density at radius 3 is 2.93 bits per heavy atom.